The number of nitrogens with one attached hydrogen (secondary N) is 1. The van der Waals surface area contributed by atoms with Crippen LogP contribution in [0.2, 0.25) is 0 Å². The third kappa shape index (κ3) is 2.56. The van der Waals surface area contributed by atoms with Crippen LogP contribution in [0.5, 0.6) is 0 Å². The topological polar surface area (TPSA) is 98.2 Å². The first kappa shape index (κ1) is 11.5. The van der Waals surface area contributed by atoms with Crippen molar-refractivity contribution in [2.45, 2.75) is 11.8 Å². The van der Waals surface area contributed by atoms with Crippen LogP contribution in [-0.4, -0.2) is 13.6 Å². The van der Waals surface area contributed by atoms with E-state index in [0.29, 0.717) is 11.4 Å². The molecule has 90 valence electrons. The lowest BCUT2D eigenvalue weighted by Gasteiger charge is -2.04. The molecule has 1 aromatic carbocycles. The van der Waals surface area contributed by atoms with Gasteiger partial charge in [-0.3, -0.25) is 4.72 Å². The summed E-state index contributed by atoms with van der Waals surface area (Å²) in [4.78, 5) is 0.118. The van der Waals surface area contributed by atoms with E-state index in [2.05, 4.69) is 9.88 Å². The summed E-state index contributed by atoms with van der Waals surface area (Å²) in [5.74, 6) is 0.680. The van der Waals surface area contributed by atoms with Crippen LogP contribution in [0.25, 0.3) is 0 Å². The van der Waals surface area contributed by atoms with Gasteiger partial charge in [0.05, 0.1) is 4.90 Å². The van der Waals surface area contributed by atoms with Gasteiger partial charge in [-0.2, -0.15) is 0 Å². The molecule has 1 aromatic heterocycles. The van der Waals surface area contributed by atoms with Gasteiger partial charge in [0.15, 0.2) is 5.82 Å². The highest BCUT2D eigenvalue weighted by molar-refractivity contribution is 7.92. The van der Waals surface area contributed by atoms with Crippen LogP contribution in [0.3, 0.4) is 0 Å². The highest BCUT2D eigenvalue weighted by Crippen LogP contribution is 2.16. The lowest BCUT2D eigenvalue weighted by Crippen LogP contribution is -2.13. The number of aromatic nitrogens is 1. The molecule has 0 aliphatic carbocycles. The Balaban J connectivity index is 2.28. The van der Waals surface area contributed by atoms with Crippen LogP contribution in [0.1, 0.15) is 5.76 Å². The second kappa shape index (κ2) is 4.10. The summed E-state index contributed by atoms with van der Waals surface area (Å²) >= 11 is 0. The Kier molecular flexibility index (Phi) is 2.76. The van der Waals surface area contributed by atoms with Gasteiger partial charge in [0.2, 0.25) is 0 Å². The van der Waals surface area contributed by atoms with Gasteiger partial charge in [-0.1, -0.05) is 5.16 Å². The van der Waals surface area contributed by atoms with E-state index in [1.807, 2.05) is 0 Å². The fourth-order valence-electron chi connectivity index (χ4n) is 1.26. The third-order valence-corrected chi connectivity index (χ3v) is 3.43. The SMILES string of the molecule is Cc1cc(NS(=O)(=O)[13c]2[13cH][13cH][13c](N)[13cH][13cH]2)no1. The van der Waals surface area contributed by atoms with Crippen molar-refractivity contribution in [2.24, 2.45) is 0 Å². The molecule has 0 aliphatic rings. The first-order chi connectivity index (χ1) is 7.97. The second-order valence-electron chi connectivity index (χ2n) is 3.50. The fraction of sp³-hybridized carbons (Fsp3) is 0.100. The molecule has 0 spiro atoms. The molecule has 17 heavy (non-hydrogen) atoms. The number of hydrogen-bond donors (Lipinski definition) is 2. The molecule has 0 aliphatic heterocycles. The molecular formula is C10H11N3O3S. The largest absolute Gasteiger partial charge is 0.399 e. The lowest BCUT2D eigenvalue weighted by molar-refractivity contribution is 0.400. The van der Waals surface area contributed by atoms with E-state index in [-0.39, 0.29) is 10.7 Å². The maximum absolute atomic E-state index is 11.9. The van der Waals surface area contributed by atoms with E-state index in [1.54, 1.807) is 6.92 Å². The van der Waals surface area contributed by atoms with Crippen LogP contribution in [0.15, 0.2) is 39.8 Å². The van der Waals surface area contributed by atoms with Crippen molar-refractivity contribution in [3.8, 4) is 0 Å². The Morgan fingerprint density at radius 2 is 1.94 bits per heavy atom. The minimum Gasteiger partial charge on any atom is -0.399 e. The molecule has 0 amide bonds. The summed E-state index contributed by atoms with van der Waals surface area (Å²) < 4.78 is 30.8. The number of anilines is 2. The van der Waals surface area contributed by atoms with E-state index in [0.717, 1.165) is 0 Å². The molecule has 0 fully saturated rings. The molecule has 0 saturated heterocycles. The molecule has 0 radical (unpaired) electrons. The van der Waals surface area contributed by atoms with E-state index in [9.17, 15) is 8.42 Å². The summed E-state index contributed by atoms with van der Waals surface area (Å²) in [5, 5.41) is 3.55. The van der Waals surface area contributed by atoms with Gasteiger partial charge in [-0.05, 0) is 31.2 Å². The molecule has 0 atom stereocenters. The van der Waals surface area contributed by atoms with Crippen LogP contribution in [-0.2, 0) is 10.0 Å². The minimum atomic E-state index is -3.64. The van der Waals surface area contributed by atoms with Crippen molar-refractivity contribution in [1.82, 2.24) is 5.16 Å². The van der Waals surface area contributed by atoms with Gasteiger partial charge in [0.25, 0.3) is 10.0 Å². The number of aryl methyl sites for hydroxylation is 1. The number of nitrogens with zero attached hydrogens (tertiary/aromatic N) is 1. The smallest absolute Gasteiger partial charge is 0.263 e. The van der Waals surface area contributed by atoms with Crippen molar-refractivity contribution < 1.29 is 12.9 Å². The van der Waals surface area contributed by atoms with E-state index in [4.69, 9.17) is 10.3 Å². The van der Waals surface area contributed by atoms with Crippen LogP contribution < -0.4 is 10.5 Å². The van der Waals surface area contributed by atoms with Gasteiger partial charge in [-0.25, -0.2) is 8.42 Å². The molecule has 2 rings (SSSR count). The molecule has 1 heterocycles. The Bertz CT molecular complexity index is 617. The monoisotopic (exact) mass is 259 g/mol. The quantitative estimate of drug-likeness (QED) is 0.811. The minimum absolute atomic E-state index is 0.118. The van der Waals surface area contributed by atoms with Crippen molar-refractivity contribution >= 4 is 21.5 Å². The number of hydrogen-bond acceptors (Lipinski definition) is 5. The Morgan fingerprint density at radius 3 is 2.47 bits per heavy atom. The van der Waals surface area contributed by atoms with E-state index >= 15 is 0 Å². The fourth-order valence-corrected chi connectivity index (χ4v) is 2.24. The zero-order valence-electron chi connectivity index (χ0n) is 9.04. The Hall–Kier alpha value is -2.02. The van der Waals surface area contributed by atoms with Crippen LogP contribution >= 0.6 is 0 Å². The zero-order valence-corrected chi connectivity index (χ0v) is 9.86. The zero-order chi connectivity index (χ0) is 12.5. The molecule has 6 nitrogen and oxygen atoms in total. The third-order valence-electron chi connectivity index (χ3n) is 2.06. The van der Waals surface area contributed by atoms with Crippen molar-refractivity contribution in [3.63, 3.8) is 0 Å². The number of rotatable bonds is 3. The summed E-state index contributed by atoms with van der Waals surface area (Å²) in [6.07, 6.45) is 0. The van der Waals surface area contributed by atoms with Crippen molar-refractivity contribution in [2.75, 3.05) is 10.5 Å². The number of sulfonamides is 1. The highest BCUT2D eigenvalue weighted by Gasteiger charge is 2.15. The molecule has 0 unspecified atom stereocenters. The summed E-state index contributed by atoms with van der Waals surface area (Å²) in [5.41, 5.74) is 5.98. The molecule has 2 aromatic rings. The molecular weight excluding hydrogens is 248 g/mol. The van der Waals surface area contributed by atoms with Crippen molar-refractivity contribution in [1.29, 1.82) is 0 Å². The predicted molar refractivity (Wildman–Crippen MR) is 62.9 cm³/mol. The van der Waals surface area contributed by atoms with E-state index in [1.165, 1.54) is 30.3 Å². The second-order valence-corrected chi connectivity index (χ2v) is 5.18. The van der Waals surface area contributed by atoms with E-state index < -0.39 is 10.0 Å². The summed E-state index contributed by atoms with van der Waals surface area (Å²) in [6, 6.07) is 7.37. The Labute approximate surface area is 98.5 Å². The van der Waals surface area contributed by atoms with Crippen molar-refractivity contribution in [3.05, 3.63) is 36.1 Å². The molecule has 7 heteroatoms. The maximum atomic E-state index is 11.9. The first-order valence-corrected chi connectivity index (χ1v) is 6.27. The standard InChI is InChI=1S/C10H11N3O3S/c1-7-6-10(12-16-7)13-17(14,15)9-4-2-8(11)3-5-9/h2-6H,11H2,1H3,(H,12,13)/i2+1,3+1,4+1,5+1,8+1,9+1. The molecule has 0 bridgehead atoms. The normalized spacial score (nSPS) is 11.4. The molecule has 0 saturated carbocycles. The Morgan fingerprint density at radius 1 is 1.29 bits per heavy atom. The van der Waals surface area contributed by atoms with Gasteiger partial charge in [0.1, 0.15) is 5.76 Å². The molecule has 3 N–H and O–H groups in total. The number of nitrogens with two attached hydrogens (primary N) is 1. The number of nitrogen functional groups attached to an aromatic ring is 1. The van der Waals surface area contributed by atoms with Crippen LogP contribution in [0.4, 0.5) is 11.5 Å². The lowest BCUT2D eigenvalue weighted by atomic mass is 10.5. The van der Waals surface area contributed by atoms with Gasteiger partial charge < -0.3 is 10.3 Å². The van der Waals surface area contributed by atoms with Gasteiger partial charge >= 0.3 is 0 Å². The number of benzene rings is 1. The summed E-state index contributed by atoms with van der Waals surface area (Å²) in [6.45, 7) is 1.67. The van der Waals surface area contributed by atoms with Crippen LogP contribution in [0, 0.1) is 6.92 Å². The first-order valence-electron chi connectivity index (χ1n) is 4.79. The average Bonchev–Trinajstić information content (AvgIpc) is 2.63. The predicted octanol–water partition coefficient (Wildman–Crippen LogP) is 1.37. The van der Waals surface area contributed by atoms with Gasteiger partial charge in [-0.15, -0.1) is 0 Å². The maximum Gasteiger partial charge on any atom is 0.263 e. The summed E-state index contributed by atoms with van der Waals surface area (Å²) in [7, 11) is -3.64. The van der Waals surface area contributed by atoms with Gasteiger partial charge in [0, 0.05) is 11.8 Å². The average molecular weight is 259 g/mol. The highest BCUT2D eigenvalue weighted by atomic mass is 32.2.